The number of carboxylic acid groups (broad SMARTS) is 1. The van der Waals surface area contributed by atoms with E-state index in [1.54, 1.807) is 12.1 Å². The van der Waals surface area contributed by atoms with Crippen LogP contribution >= 0.6 is 11.6 Å². The number of nitrogens with one attached hydrogen (secondary N) is 1. The molecular formula is C11H9ClN2O2. The standard InChI is InChI=1S/C11H9ClN2O2/c12-8-3-1-7(2-4-8)5-10-9(11(15)16)6-13-14-10/h1-4,6H,5H2,(H,13,14)(H,15,16). The van der Waals surface area contributed by atoms with E-state index < -0.39 is 5.97 Å². The molecule has 0 unspecified atom stereocenters. The van der Waals surface area contributed by atoms with Crippen molar-refractivity contribution in [1.82, 2.24) is 10.2 Å². The second kappa shape index (κ2) is 4.37. The third kappa shape index (κ3) is 2.23. The average molecular weight is 237 g/mol. The zero-order chi connectivity index (χ0) is 11.5. The summed E-state index contributed by atoms with van der Waals surface area (Å²) in [4.78, 5) is 10.8. The third-order valence-corrected chi connectivity index (χ3v) is 2.49. The number of rotatable bonds is 3. The highest BCUT2D eigenvalue weighted by molar-refractivity contribution is 6.30. The fourth-order valence-electron chi connectivity index (χ4n) is 1.44. The van der Waals surface area contributed by atoms with E-state index in [2.05, 4.69) is 10.2 Å². The van der Waals surface area contributed by atoms with Gasteiger partial charge in [-0.15, -0.1) is 0 Å². The second-order valence-electron chi connectivity index (χ2n) is 3.37. The fourth-order valence-corrected chi connectivity index (χ4v) is 1.56. The molecule has 16 heavy (non-hydrogen) atoms. The quantitative estimate of drug-likeness (QED) is 0.860. The summed E-state index contributed by atoms with van der Waals surface area (Å²) in [7, 11) is 0. The Morgan fingerprint density at radius 3 is 2.69 bits per heavy atom. The maximum absolute atomic E-state index is 10.8. The molecule has 0 atom stereocenters. The number of benzene rings is 1. The molecule has 5 heteroatoms. The largest absolute Gasteiger partial charge is 0.478 e. The maximum Gasteiger partial charge on any atom is 0.339 e. The maximum atomic E-state index is 10.8. The van der Waals surface area contributed by atoms with Crippen molar-refractivity contribution in [3.8, 4) is 0 Å². The number of hydrogen-bond acceptors (Lipinski definition) is 2. The van der Waals surface area contributed by atoms with Gasteiger partial charge in [-0.3, -0.25) is 5.10 Å². The van der Waals surface area contributed by atoms with Gasteiger partial charge in [0.25, 0.3) is 0 Å². The summed E-state index contributed by atoms with van der Waals surface area (Å²) in [5.74, 6) is -0.974. The van der Waals surface area contributed by atoms with Crippen molar-refractivity contribution in [3.63, 3.8) is 0 Å². The van der Waals surface area contributed by atoms with Crippen LogP contribution in [0.15, 0.2) is 30.5 Å². The third-order valence-electron chi connectivity index (χ3n) is 2.24. The van der Waals surface area contributed by atoms with Crippen LogP contribution in [0.1, 0.15) is 21.6 Å². The highest BCUT2D eigenvalue weighted by Crippen LogP contribution is 2.14. The molecule has 0 amide bonds. The zero-order valence-electron chi connectivity index (χ0n) is 8.27. The lowest BCUT2D eigenvalue weighted by atomic mass is 10.1. The smallest absolute Gasteiger partial charge is 0.339 e. The van der Waals surface area contributed by atoms with Gasteiger partial charge in [-0.1, -0.05) is 23.7 Å². The van der Waals surface area contributed by atoms with Crippen LogP contribution in [-0.4, -0.2) is 21.3 Å². The molecule has 2 aromatic rings. The van der Waals surface area contributed by atoms with Crippen molar-refractivity contribution in [2.75, 3.05) is 0 Å². The lowest BCUT2D eigenvalue weighted by Gasteiger charge is -2.00. The molecule has 0 aliphatic carbocycles. The molecule has 1 heterocycles. The number of halogens is 1. The molecule has 0 radical (unpaired) electrons. The topological polar surface area (TPSA) is 66.0 Å². The first kappa shape index (κ1) is 10.7. The molecular weight excluding hydrogens is 228 g/mol. The van der Waals surface area contributed by atoms with Crippen LogP contribution in [0, 0.1) is 0 Å². The van der Waals surface area contributed by atoms with E-state index in [-0.39, 0.29) is 5.56 Å². The summed E-state index contributed by atoms with van der Waals surface area (Å²) in [6.45, 7) is 0. The predicted molar refractivity (Wildman–Crippen MR) is 59.8 cm³/mol. The van der Waals surface area contributed by atoms with Gasteiger partial charge in [-0.2, -0.15) is 5.10 Å². The molecule has 4 nitrogen and oxygen atoms in total. The lowest BCUT2D eigenvalue weighted by molar-refractivity contribution is 0.0696. The molecule has 0 spiro atoms. The molecule has 0 saturated carbocycles. The van der Waals surface area contributed by atoms with Crippen LogP contribution in [0.5, 0.6) is 0 Å². The highest BCUT2D eigenvalue weighted by atomic mass is 35.5. The Kier molecular flexibility index (Phi) is 2.92. The number of hydrogen-bond donors (Lipinski definition) is 2. The average Bonchev–Trinajstić information content (AvgIpc) is 2.69. The van der Waals surface area contributed by atoms with Crippen LogP contribution in [0.4, 0.5) is 0 Å². The molecule has 2 N–H and O–H groups in total. The molecule has 82 valence electrons. The van der Waals surface area contributed by atoms with Crippen LogP contribution in [0.25, 0.3) is 0 Å². The van der Waals surface area contributed by atoms with E-state index in [0.29, 0.717) is 17.1 Å². The number of nitrogens with zero attached hydrogens (tertiary/aromatic N) is 1. The Labute approximate surface area is 96.9 Å². The molecule has 0 aliphatic heterocycles. The van der Waals surface area contributed by atoms with Gasteiger partial charge in [0.15, 0.2) is 0 Å². The molecule has 0 fully saturated rings. The number of aromatic amines is 1. The molecule has 1 aromatic heterocycles. The Morgan fingerprint density at radius 1 is 1.38 bits per heavy atom. The highest BCUT2D eigenvalue weighted by Gasteiger charge is 2.12. The van der Waals surface area contributed by atoms with Crippen molar-refractivity contribution in [1.29, 1.82) is 0 Å². The van der Waals surface area contributed by atoms with Gasteiger partial charge in [0.1, 0.15) is 5.56 Å². The van der Waals surface area contributed by atoms with Gasteiger partial charge < -0.3 is 5.11 Å². The second-order valence-corrected chi connectivity index (χ2v) is 3.81. The number of carboxylic acids is 1. The number of aromatic carboxylic acids is 1. The fraction of sp³-hybridized carbons (Fsp3) is 0.0909. The lowest BCUT2D eigenvalue weighted by Crippen LogP contribution is -2.00. The van der Waals surface area contributed by atoms with E-state index in [4.69, 9.17) is 16.7 Å². The van der Waals surface area contributed by atoms with E-state index >= 15 is 0 Å². The van der Waals surface area contributed by atoms with E-state index in [9.17, 15) is 4.79 Å². The predicted octanol–water partition coefficient (Wildman–Crippen LogP) is 2.35. The minimum atomic E-state index is -0.974. The Balaban J connectivity index is 2.23. The van der Waals surface area contributed by atoms with Crippen molar-refractivity contribution in [3.05, 3.63) is 52.3 Å². The normalized spacial score (nSPS) is 10.3. The van der Waals surface area contributed by atoms with Gasteiger partial charge in [0.05, 0.1) is 11.9 Å². The van der Waals surface area contributed by atoms with Crippen LogP contribution in [0.3, 0.4) is 0 Å². The summed E-state index contributed by atoms with van der Waals surface area (Å²) in [6, 6.07) is 7.25. The number of aromatic nitrogens is 2. The Hall–Kier alpha value is -1.81. The molecule has 0 bridgehead atoms. The minimum Gasteiger partial charge on any atom is -0.478 e. The van der Waals surface area contributed by atoms with Gasteiger partial charge in [0, 0.05) is 11.4 Å². The van der Waals surface area contributed by atoms with Crippen molar-refractivity contribution in [2.45, 2.75) is 6.42 Å². The first-order valence-electron chi connectivity index (χ1n) is 4.67. The summed E-state index contributed by atoms with van der Waals surface area (Å²) < 4.78 is 0. The number of H-pyrrole nitrogens is 1. The van der Waals surface area contributed by atoms with Crippen molar-refractivity contribution >= 4 is 17.6 Å². The van der Waals surface area contributed by atoms with E-state index in [0.717, 1.165) is 5.56 Å². The summed E-state index contributed by atoms with van der Waals surface area (Å²) in [5.41, 5.74) is 1.78. The molecule has 2 rings (SSSR count). The zero-order valence-corrected chi connectivity index (χ0v) is 9.03. The van der Waals surface area contributed by atoms with Gasteiger partial charge in [-0.05, 0) is 17.7 Å². The van der Waals surface area contributed by atoms with E-state index in [1.165, 1.54) is 6.20 Å². The monoisotopic (exact) mass is 236 g/mol. The Morgan fingerprint density at radius 2 is 2.06 bits per heavy atom. The van der Waals surface area contributed by atoms with Crippen LogP contribution in [-0.2, 0) is 6.42 Å². The minimum absolute atomic E-state index is 0.204. The number of carbonyl (C=O) groups is 1. The van der Waals surface area contributed by atoms with Crippen molar-refractivity contribution in [2.24, 2.45) is 0 Å². The van der Waals surface area contributed by atoms with Crippen LogP contribution < -0.4 is 0 Å². The van der Waals surface area contributed by atoms with Crippen molar-refractivity contribution < 1.29 is 9.90 Å². The molecule has 0 saturated heterocycles. The van der Waals surface area contributed by atoms with Gasteiger partial charge in [-0.25, -0.2) is 4.79 Å². The van der Waals surface area contributed by atoms with E-state index in [1.807, 2.05) is 12.1 Å². The summed E-state index contributed by atoms with van der Waals surface area (Å²) in [6.07, 6.45) is 1.81. The summed E-state index contributed by atoms with van der Waals surface area (Å²) >= 11 is 5.76. The summed E-state index contributed by atoms with van der Waals surface area (Å²) in [5, 5.41) is 16.0. The molecule has 0 aliphatic rings. The van der Waals surface area contributed by atoms with Gasteiger partial charge >= 0.3 is 5.97 Å². The Bertz CT molecular complexity index is 505. The van der Waals surface area contributed by atoms with Crippen LogP contribution in [0.2, 0.25) is 5.02 Å². The first-order valence-corrected chi connectivity index (χ1v) is 5.04. The first-order chi connectivity index (χ1) is 7.66. The van der Waals surface area contributed by atoms with Gasteiger partial charge in [0.2, 0.25) is 0 Å². The molecule has 1 aromatic carbocycles. The SMILES string of the molecule is O=C(O)c1cn[nH]c1Cc1ccc(Cl)cc1.